The highest BCUT2D eigenvalue weighted by atomic mass is 16.5. The van der Waals surface area contributed by atoms with Gasteiger partial charge in [0.05, 0.1) is 13.0 Å². The molecule has 158 valence electrons. The van der Waals surface area contributed by atoms with Crippen molar-refractivity contribution in [3.05, 3.63) is 36.7 Å². The minimum Gasteiger partial charge on any atom is -0.497 e. The average molecular weight is 411 g/mol. The Morgan fingerprint density at radius 1 is 1.17 bits per heavy atom. The second kappa shape index (κ2) is 8.56. The van der Waals surface area contributed by atoms with Gasteiger partial charge >= 0.3 is 0 Å². The van der Waals surface area contributed by atoms with Gasteiger partial charge in [0.15, 0.2) is 0 Å². The summed E-state index contributed by atoms with van der Waals surface area (Å²) in [6.45, 7) is 1.41. The monoisotopic (exact) mass is 411 g/mol. The molecule has 3 amide bonds. The molecule has 2 fully saturated rings. The molecule has 4 rings (SSSR count). The van der Waals surface area contributed by atoms with Gasteiger partial charge in [-0.1, -0.05) is 0 Å². The lowest BCUT2D eigenvalue weighted by atomic mass is 9.94. The number of H-pyrrole nitrogens is 1. The van der Waals surface area contributed by atoms with E-state index in [0.29, 0.717) is 38.4 Å². The molecule has 9 heteroatoms. The molecule has 0 aliphatic carbocycles. The van der Waals surface area contributed by atoms with E-state index in [1.165, 1.54) is 0 Å². The number of likely N-dealkylation sites (tertiary alicyclic amines) is 1. The molecule has 2 aliphatic rings. The van der Waals surface area contributed by atoms with Gasteiger partial charge in [-0.25, -0.2) is 4.98 Å². The predicted octanol–water partition coefficient (Wildman–Crippen LogP) is 1.65. The molecule has 2 aromatic rings. The van der Waals surface area contributed by atoms with Crippen LogP contribution in [0.15, 0.2) is 36.7 Å². The number of nitrogens with zero attached hydrogens (tertiary/aromatic N) is 3. The van der Waals surface area contributed by atoms with Crippen LogP contribution in [0.1, 0.15) is 19.3 Å². The Morgan fingerprint density at radius 3 is 2.53 bits per heavy atom. The summed E-state index contributed by atoms with van der Waals surface area (Å²) in [7, 11) is 1.59. The van der Waals surface area contributed by atoms with Crippen LogP contribution in [0.4, 0.5) is 11.6 Å². The van der Waals surface area contributed by atoms with Crippen molar-refractivity contribution in [2.24, 2.45) is 11.8 Å². The van der Waals surface area contributed by atoms with Gasteiger partial charge in [0.25, 0.3) is 0 Å². The van der Waals surface area contributed by atoms with Crippen LogP contribution in [-0.4, -0.2) is 59.3 Å². The molecule has 1 aromatic carbocycles. The summed E-state index contributed by atoms with van der Waals surface area (Å²) >= 11 is 0. The minimum atomic E-state index is -0.354. The Hall–Kier alpha value is -3.36. The number of hydrogen-bond acceptors (Lipinski definition) is 5. The first-order chi connectivity index (χ1) is 14.5. The Bertz CT molecular complexity index is 904. The normalized spacial score (nSPS) is 19.8. The Labute approximate surface area is 174 Å². The molecule has 1 aromatic heterocycles. The van der Waals surface area contributed by atoms with Crippen molar-refractivity contribution in [3.63, 3.8) is 0 Å². The van der Waals surface area contributed by atoms with Crippen LogP contribution in [0.3, 0.4) is 0 Å². The number of carbonyl (C=O) groups is 3. The number of rotatable bonds is 5. The van der Waals surface area contributed by atoms with E-state index in [2.05, 4.69) is 15.3 Å². The third-order valence-electron chi connectivity index (χ3n) is 5.78. The van der Waals surface area contributed by atoms with Crippen LogP contribution in [0.25, 0.3) is 0 Å². The number of aromatic amines is 1. The van der Waals surface area contributed by atoms with E-state index in [1.54, 1.807) is 41.4 Å². The van der Waals surface area contributed by atoms with Gasteiger partial charge in [-0.05, 0) is 37.1 Å². The second-order valence-corrected chi connectivity index (χ2v) is 7.63. The first-order valence-corrected chi connectivity index (χ1v) is 10.1. The van der Waals surface area contributed by atoms with Crippen LogP contribution in [0.5, 0.6) is 5.75 Å². The summed E-state index contributed by atoms with van der Waals surface area (Å²) in [5.74, 6) is 0.501. The Balaban J connectivity index is 1.31. The quantitative estimate of drug-likeness (QED) is 0.778. The summed E-state index contributed by atoms with van der Waals surface area (Å²) in [4.78, 5) is 48.1. The number of piperidine rings is 1. The molecule has 2 aliphatic heterocycles. The van der Waals surface area contributed by atoms with E-state index in [-0.39, 0.29) is 36.0 Å². The molecule has 9 nitrogen and oxygen atoms in total. The fourth-order valence-corrected chi connectivity index (χ4v) is 4.06. The number of anilines is 2. The molecule has 3 heterocycles. The zero-order valence-corrected chi connectivity index (χ0v) is 16.8. The van der Waals surface area contributed by atoms with Crippen molar-refractivity contribution in [2.75, 3.05) is 37.0 Å². The summed E-state index contributed by atoms with van der Waals surface area (Å²) in [6, 6.07) is 7.26. The van der Waals surface area contributed by atoms with Crippen LogP contribution >= 0.6 is 0 Å². The standard InChI is InChI=1S/C21H25N5O4/c1-30-17-4-2-16(3-5-17)26-13-15(12-18(26)27)20(29)25-10-6-14(7-11-25)19(28)24-21-22-8-9-23-21/h2-5,8-9,14-15H,6-7,10-13H2,1H3,(H2,22,23,24,28)/t15-/m0/s1. The number of benzene rings is 1. The van der Waals surface area contributed by atoms with E-state index >= 15 is 0 Å². The van der Waals surface area contributed by atoms with E-state index in [9.17, 15) is 14.4 Å². The van der Waals surface area contributed by atoms with Crippen LogP contribution < -0.4 is 15.0 Å². The summed E-state index contributed by atoms with van der Waals surface area (Å²) < 4.78 is 5.15. The molecule has 2 N–H and O–H groups in total. The van der Waals surface area contributed by atoms with Gasteiger partial charge in [-0.15, -0.1) is 0 Å². The molecule has 2 saturated heterocycles. The lowest BCUT2D eigenvalue weighted by Gasteiger charge is -2.32. The first kappa shape index (κ1) is 19.9. The molecule has 0 radical (unpaired) electrons. The summed E-state index contributed by atoms with van der Waals surface area (Å²) in [6.07, 6.45) is 4.63. The van der Waals surface area contributed by atoms with Gasteiger partial charge in [0.2, 0.25) is 23.7 Å². The SMILES string of the molecule is COc1ccc(N2C[C@@H](C(=O)N3CCC(C(=O)Nc4ncc[nH]4)CC3)CC2=O)cc1. The Kier molecular flexibility index (Phi) is 5.69. The molecular formula is C21H25N5O4. The highest BCUT2D eigenvalue weighted by molar-refractivity contribution is 6.00. The maximum Gasteiger partial charge on any atom is 0.229 e. The van der Waals surface area contributed by atoms with E-state index in [4.69, 9.17) is 4.74 Å². The van der Waals surface area contributed by atoms with E-state index < -0.39 is 0 Å². The number of imidazole rings is 1. The zero-order valence-electron chi connectivity index (χ0n) is 16.8. The van der Waals surface area contributed by atoms with Crippen molar-refractivity contribution < 1.29 is 19.1 Å². The van der Waals surface area contributed by atoms with E-state index in [0.717, 1.165) is 11.4 Å². The van der Waals surface area contributed by atoms with Gasteiger partial charge in [0, 0.05) is 50.1 Å². The minimum absolute atomic E-state index is 0.00995. The van der Waals surface area contributed by atoms with Crippen molar-refractivity contribution in [1.29, 1.82) is 0 Å². The number of hydrogen-bond donors (Lipinski definition) is 2. The molecule has 0 bridgehead atoms. The van der Waals surface area contributed by atoms with Crippen molar-refractivity contribution >= 4 is 29.4 Å². The number of amides is 3. The third-order valence-corrected chi connectivity index (χ3v) is 5.78. The number of aromatic nitrogens is 2. The summed E-state index contributed by atoms with van der Waals surface area (Å²) in [5, 5.41) is 2.76. The van der Waals surface area contributed by atoms with Crippen molar-refractivity contribution in [1.82, 2.24) is 14.9 Å². The number of ether oxygens (including phenoxy) is 1. The Morgan fingerprint density at radius 2 is 1.90 bits per heavy atom. The molecule has 30 heavy (non-hydrogen) atoms. The van der Waals surface area contributed by atoms with Crippen LogP contribution in [0.2, 0.25) is 0 Å². The number of carbonyl (C=O) groups excluding carboxylic acids is 3. The zero-order chi connectivity index (χ0) is 21.1. The number of nitrogens with one attached hydrogen (secondary N) is 2. The maximum atomic E-state index is 13.0. The molecule has 0 unspecified atom stereocenters. The summed E-state index contributed by atoms with van der Waals surface area (Å²) in [5.41, 5.74) is 0.768. The molecular weight excluding hydrogens is 386 g/mol. The molecule has 0 saturated carbocycles. The second-order valence-electron chi connectivity index (χ2n) is 7.63. The van der Waals surface area contributed by atoms with Gasteiger partial charge in [0.1, 0.15) is 5.75 Å². The first-order valence-electron chi connectivity index (χ1n) is 10.1. The van der Waals surface area contributed by atoms with Gasteiger partial charge in [-0.2, -0.15) is 0 Å². The highest BCUT2D eigenvalue weighted by Gasteiger charge is 2.38. The van der Waals surface area contributed by atoms with Crippen LogP contribution in [0, 0.1) is 11.8 Å². The fourth-order valence-electron chi connectivity index (χ4n) is 4.06. The number of methoxy groups -OCH3 is 1. The largest absolute Gasteiger partial charge is 0.497 e. The van der Waals surface area contributed by atoms with E-state index in [1.807, 2.05) is 12.1 Å². The van der Waals surface area contributed by atoms with Gasteiger partial charge < -0.3 is 19.5 Å². The predicted molar refractivity (Wildman–Crippen MR) is 110 cm³/mol. The smallest absolute Gasteiger partial charge is 0.229 e. The van der Waals surface area contributed by atoms with Crippen molar-refractivity contribution in [2.45, 2.75) is 19.3 Å². The van der Waals surface area contributed by atoms with Crippen LogP contribution in [-0.2, 0) is 14.4 Å². The average Bonchev–Trinajstić information content (AvgIpc) is 3.43. The maximum absolute atomic E-state index is 13.0. The van der Waals surface area contributed by atoms with Crippen molar-refractivity contribution in [3.8, 4) is 5.75 Å². The third kappa shape index (κ3) is 4.14. The molecule has 0 spiro atoms. The highest BCUT2D eigenvalue weighted by Crippen LogP contribution is 2.29. The topological polar surface area (TPSA) is 108 Å². The fraction of sp³-hybridized carbons (Fsp3) is 0.429. The lowest BCUT2D eigenvalue weighted by Crippen LogP contribution is -2.44. The molecule has 1 atom stereocenters. The lowest BCUT2D eigenvalue weighted by molar-refractivity contribution is -0.138. The van der Waals surface area contributed by atoms with Gasteiger partial charge in [-0.3, -0.25) is 19.7 Å².